The van der Waals surface area contributed by atoms with Crippen LogP contribution in [0.25, 0.3) is 11.4 Å². The molecule has 3 aromatic rings. The first kappa shape index (κ1) is 14.0. The van der Waals surface area contributed by atoms with E-state index in [0.717, 1.165) is 22.3 Å². The molecule has 0 aliphatic heterocycles. The van der Waals surface area contributed by atoms with E-state index >= 15 is 0 Å². The molecule has 0 saturated heterocycles. The molecule has 1 aromatic heterocycles. The molecular weight excluding hydrogens is 276 g/mol. The molecule has 0 radical (unpaired) electrons. The fraction of sp³-hybridized carbons (Fsp3) is 0.118. The number of phenolic OH excluding ortho intramolecular Hbond substituents is 1. The van der Waals surface area contributed by atoms with Crippen LogP contribution in [0.4, 0.5) is 0 Å². The lowest BCUT2D eigenvalue weighted by molar-refractivity contribution is 0.467. The van der Waals surface area contributed by atoms with E-state index in [0.29, 0.717) is 11.6 Å². The zero-order chi connectivity index (χ0) is 15.5. The van der Waals surface area contributed by atoms with Gasteiger partial charge in [-0.25, -0.2) is 0 Å². The van der Waals surface area contributed by atoms with Crippen molar-refractivity contribution in [2.24, 2.45) is 5.10 Å². The van der Waals surface area contributed by atoms with Crippen molar-refractivity contribution in [2.75, 3.05) is 0 Å². The topological polar surface area (TPSA) is 63.3 Å². The summed E-state index contributed by atoms with van der Waals surface area (Å²) >= 11 is 0. The quantitative estimate of drug-likeness (QED) is 0.754. The van der Waals surface area contributed by atoms with Gasteiger partial charge in [0.2, 0.25) is 0 Å². The van der Waals surface area contributed by atoms with Crippen LogP contribution in [-0.4, -0.2) is 26.2 Å². The van der Waals surface area contributed by atoms with Crippen LogP contribution in [0.3, 0.4) is 0 Å². The van der Waals surface area contributed by atoms with Crippen LogP contribution < -0.4 is 0 Å². The Balaban J connectivity index is 1.93. The van der Waals surface area contributed by atoms with Crippen molar-refractivity contribution >= 4 is 6.21 Å². The maximum absolute atomic E-state index is 9.81. The van der Waals surface area contributed by atoms with Gasteiger partial charge in [-0.15, -0.1) is 10.2 Å². The number of aryl methyl sites for hydroxylation is 2. The van der Waals surface area contributed by atoms with Crippen molar-refractivity contribution in [1.82, 2.24) is 14.9 Å². The van der Waals surface area contributed by atoms with E-state index in [1.165, 1.54) is 0 Å². The summed E-state index contributed by atoms with van der Waals surface area (Å²) in [4.78, 5) is 0. The maximum Gasteiger partial charge on any atom is 0.184 e. The van der Waals surface area contributed by atoms with Gasteiger partial charge in [-0.05, 0) is 42.7 Å². The van der Waals surface area contributed by atoms with Gasteiger partial charge in [0.15, 0.2) is 5.82 Å². The second-order valence-corrected chi connectivity index (χ2v) is 5.11. The minimum atomic E-state index is 0.325. The minimum absolute atomic E-state index is 0.325. The average molecular weight is 292 g/mol. The number of rotatable bonds is 3. The summed E-state index contributed by atoms with van der Waals surface area (Å²) in [5.74, 6) is 1.01. The Kier molecular flexibility index (Phi) is 3.70. The lowest BCUT2D eigenvalue weighted by atomic mass is 10.1. The van der Waals surface area contributed by atoms with Gasteiger partial charge in [0.05, 0.1) is 6.21 Å². The van der Waals surface area contributed by atoms with Crippen molar-refractivity contribution < 1.29 is 5.11 Å². The van der Waals surface area contributed by atoms with Gasteiger partial charge in [0, 0.05) is 5.56 Å². The first-order valence-electron chi connectivity index (χ1n) is 6.95. The normalized spacial score (nSPS) is 11.2. The van der Waals surface area contributed by atoms with Crippen molar-refractivity contribution in [2.45, 2.75) is 13.8 Å². The maximum atomic E-state index is 9.81. The summed E-state index contributed by atoms with van der Waals surface area (Å²) in [6.07, 6.45) is 3.30. The van der Waals surface area contributed by atoms with Crippen LogP contribution in [0.15, 0.2) is 53.9 Å². The molecule has 5 nitrogen and oxygen atoms in total. The van der Waals surface area contributed by atoms with Gasteiger partial charge in [-0.1, -0.05) is 30.3 Å². The highest BCUT2D eigenvalue weighted by molar-refractivity contribution is 5.81. The SMILES string of the molecule is Cc1cc(/C=N/n2cnnc2-c2ccccc2)cc(C)c1O. The fourth-order valence-corrected chi connectivity index (χ4v) is 2.28. The highest BCUT2D eigenvalue weighted by atomic mass is 16.3. The van der Waals surface area contributed by atoms with E-state index in [1.54, 1.807) is 17.2 Å². The number of hydrogen-bond acceptors (Lipinski definition) is 4. The van der Waals surface area contributed by atoms with E-state index in [-0.39, 0.29) is 0 Å². The number of phenols is 1. The third kappa shape index (κ3) is 2.74. The van der Waals surface area contributed by atoms with Crippen molar-refractivity contribution in [1.29, 1.82) is 0 Å². The predicted octanol–water partition coefficient (Wildman–Crippen LogP) is 3.15. The molecule has 2 aromatic carbocycles. The molecule has 1 heterocycles. The Morgan fingerprint density at radius 3 is 2.45 bits per heavy atom. The first-order chi connectivity index (χ1) is 10.6. The molecule has 0 saturated carbocycles. The van der Waals surface area contributed by atoms with Gasteiger partial charge >= 0.3 is 0 Å². The molecule has 0 aliphatic rings. The van der Waals surface area contributed by atoms with E-state index in [9.17, 15) is 5.11 Å². The number of benzene rings is 2. The predicted molar refractivity (Wildman–Crippen MR) is 86.0 cm³/mol. The van der Waals surface area contributed by atoms with Gasteiger partial charge in [0.25, 0.3) is 0 Å². The number of hydrogen-bond donors (Lipinski definition) is 1. The number of aromatic hydroxyl groups is 1. The van der Waals surface area contributed by atoms with E-state index in [1.807, 2.05) is 56.3 Å². The molecule has 1 N–H and O–H groups in total. The summed E-state index contributed by atoms with van der Waals surface area (Å²) in [5, 5.41) is 22.2. The zero-order valence-electron chi connectivity index (χ0n) is 12.4. The summed E-state index contributed by atoms with van der Waals surface area (Å²) < 4.78 is 1.63. The van der Waals surface area contributed by atoms with E-state index < -0.39 is 0 Å². The van der Waals surface area contributed by atoms with Crippen molar-refractivity contribution in [3.63, 3.8) is 0 Å². The Bertz CT molecular complexity index is 799. The first-order valence-corrected chi connectivity index (χ1v) is 6.95. The van der Waals surface area contributed by atoms with Crippen molar-refractivity contribution in [3.05, 3.63) is 65.5 Å². The molecule has 0 spiro atoms. The minimum Gasteiger partial charge on any atom is -0.507 e. The van der Waals surface area contributed by atoms with E-state index in [2.05, 4.69) is 15.3 Å². The molecular formula is C17H16N4O. The Hall–Kier alpha value is -2.95. The highest BCUT2D eigenvalue weighted by Crippen LogP contribution is 2.22. The van der Waals surface area contributed by atoms with Gasteiger partial charge in [0.1, 0.15) is 12.1 Å². The monoisotopic (exact) mass is 292 g/mol. The second kappa shape index (κ2) is 5.81. The fourth-order valence-electron chi connectivity index (χ4n) is 2.28. The van der Waals surface area contributed by atoms with Crippen LogP contribution in [0, 0.1) is 13.8 Å². The van der Waals surface area contributed by atoms with Crippen LogP contribution in [-0.2, 0) is 0 Å². The molecule has 0 fully saturated rings. The highest BCUT2D eigenvalue weighted by Gasteiger charge is 2.06. The smallest absolute Gasteiger partial charge is 0.184 e. The lowest BCUT2D eigenvalue weighted by Gasteiger charge is -2.04. The van der Waals surface area contributed by atoms with Crippen LogP contribution in [0.5, 0.6) is 5.75 Å². The van der Waals surface area contributed by atoms with E-state index in [4.69, 9.17) is 0 Å². The Morgan fingerprint density at radius 2 is 1.77 bits per heavy atom. The molecule has 110 valence electrons. The average Bonchev–Trinajstić information content (AvgIpc) is 3.00. The lowest BCUT2D eigenvalue weighted by Crippen LogP contribution is -1.94. The summed E-state index contributed by atoms with van der Waals surface area (Å²) in [6, 6.07) is 13.6. The standard InChI is InChI=1S/C17H16N4O/c1-12-8-14(9-13(2)16(12)22)10-19-21-11-18-20-17(21)15-6-4-3-5-7-15/h3-11,22H,1-2H3/b19-10+. The van der Waals surface area contributed by atoms with Crippen LogP contribution in [0.1, 0.15) is 16.7 Å². The molecule has 22 heavy (non-hydrogen) atoms. The molecule has 0 atom stereocenters. The summed E-state index contributed by atoms with van der Waals surface area (Å²) in [5.41, 5.74) is 3.53. The molecule has 0 aliphatic carbocycles. The van der Waals surface area contributed by atoms with Crippen LogP contribution >= 0.6 is 0 Å². The Morgan fingerprint density at radius 1 is 1.09 bits per heavy atom. The molecule has 3 rings (SSSR count). The third-order valence-electron chi connectivity index (χ3n) is 3.41. The third-order valence-corrected chi connectivity index (χ3v) is 3.41. The Labute approximate surface area is 128 Å². The molecule has 0 unspecified atom stereocenters. The number of nitrogens with zero attached hydrogens (tertiary/aromatic N) is 4. The van der Waals surface area contributed by atoms with Gasteiger partial charge in [-0.2, -0.15) is 9.78 Å². The number of aromatic nitrogens is 3. The van der Waals surface area contributed by atoms with Gasteiger partial charge in [-0.3, -0.25) is 0 Å². The zero-order valence-corrected chi connectivity index (χ0v) is 12.4. The van der Waals surface area contributed by atoms with Crippen molar-refractivity contribution in [3.8, 4) is 17.1 Å². The molecule has 5 heteroatoms. The molecule has 0 bridgehead atoms. The van der Waals surface area contributed by atoms with Crippen LogP contribution in [0.2, 0.25) is 0 Å². The second-order valence-electron chi connectivity index (χ2n) is 5.11. The summed E-state index contributed by atoms with van der Waals surface area (Å²) in [7, 11) is 0. The summed E-state index contributed by atoms with van der Waals surface area (Å²) in [6.45, 7) is 3.74. The van der Waals surface area contributed by atoms with Gasteiger partial charge < -0.3 is 5.11 Å². The largest absolute Gasteiger partial charge is 0.507 e. The molecule has 0 amide bonds.